The van der Waals surface area contributed by atoms with Crippen molar-refractivity contribution in [2.24, 2.45) is 0 Å². The number of nitrogens with zero attached hydrogens (tertiary/aromatic N) is 3. The molecule has 2 heterocycles. The van der Waals surface area contributed by atoms with Crippen LogP contribution in [-0.4, -0.2) is 34.4 Å². The number of H-pyrrole nitrogens is 1. The van der Waals surface area contributed by atoms with Crippen LogP contribution in [0.1, 0.15) is 30.3 Å². The average Bonchev–Trinajstić information content (AvgIpc) is 3.11. The molecule has 21 heavy (non-hydrogen) atoms. The number of benzene rings is 1. The van der Waals surface area contributed by atoms with Gasteiger partial charge < -0.3 is 0 Å². The second kappa shape index (κ2) is 5.75. The van der Waals surface area contributed by atoms with Crippen LogP contribution in [0.15, 0.2) is 30.6 Å². The van der Waals surface area contributed by atoms with Crippen LogP contribution in [0.4, 0.5) is 0 Å². The van der Waals surface area contributed by atoms with E-state index in [1.54, 1.807) is 24.3 Å². The van der Waals surface area contributed by atoms with Gasteiger partial charge in [-0.25, -0.2) is 13.4 Å². The number of hydrogen-bond donors (Lipinski definition) is 1. The summed E-state index contributed by atoms with van der Waals surface area (Å²) in [6, 6.07) is 6.62. The maximum atomic E-state index is 12.6. The molecule has 8 heteroatoms. The molecule has 112 valence electrons. The summed E-state index contributed by atoms with van der Waals surface area (Å²) in [6.07, 6.45) is 2.98. The van der Waals surface area contributed by atoms with Crippen molar-refractivity contribution in [3.63, 3.8) is 0 Å². The molecule has 3 rings (SSSR count). The van der Waals surface area contributed by atoms with Crippen molar-refractivity contribution in [1.82, 2.24) is 19.5 Å². The Morgan fingerprint density at radius 1 is 1.33 bits per heavy atom. The number of sulfonamides is 1. The SMILES string of the molecule is O=S(=O)(Cc1ccc(Cl)cc1)N1CCC[C@H]1c1ncn[nH]1. The largest absolute Gasteiger partial charge is 0.262 e. The number of halogens is 1. The lowest BCUT2D eigenvalue weighted by Crippen LogP contribution is -2.32. The molecule has 0 aliphatic carbocycles. The number of nitrogens with one attached hydrogen (secondary N) is 1. The third-order valence-electron chi connectivity index (χ3n) is 3.57. The van der Waals surface area contributed by atoms with Gasteiger partial charge in [-0.3, -0.25) is 5.10 Å². The van der Waals surface area contributed by atoms with Gasteiger partial charge in [0, 0.05) is 11.6 Å². The Labute approximate surface area is 128 Å². The summed E-state index contributed by atoms with van der Waals surface area (Å²) < 4.78 is 26.8. The van der Waals surface area contributed by atoms with Crippen molar-refractivity contribution in [2.75, 3.05) is 6.54 Å². The first-order chi connectivity index (χ1) is 10.1. The van der Waals surface area contributed by atoms with Crippen molar-refractivity contribution in [1.29, 1.82) is 0 Å². The molecule has 1 fully saturated rings. The van der Waals surface area contributed by atoms with E-state index >= 15 is 0 Å². The molecule has 2 aromatic rings. The normalized spacial score (nSPS) is 20.0. The van der Waals surface area contributed by atoms with E-state index in [2.05, 4.69) is 15.2 Å². The summed E-state index contributed by atoms with van der Waals surface area (Å²) in [6.45, 7) is 0.515. The van der Waals surface area contributed by atoms with Gasteiger partial charge >= 0.3 is 0 Å². The molecule has 0 saturated carbocycles. The standard InChI is InChI=1S/C13H15ClN4O2S/c14-11-5-3-10(4-6-11)8-21(19,20)18-7-1-2-12(18)13-15-9-16-17-13/h3-6,9,12H,1-2,7-8H2,(H,15,16,17)/t12-/m0/s1. The summed E-state index contributed by atoms with van der Waals surface area (Å²) in [7, 11) is -3.40. The van der Waals surface area contributed by atoms with E-state index < -0.39 is 10.0 Å². The number of aromatic amines is 1. The van der Waals surface area contributed by atoms with Gasteiger partial charge in [0.25, 0.3) is 0 Å². The minimum atomic E-state index is -3.40. The van der Waals surface area contributed by atoms with Crippen LogP contribution >= 0.6 is 11.6 Å². The van der Waals surface area contributed by atoms with Gasteiger partial charge in [-0.15, -0.1) is 0 Å². The van der Waals surface area contributed by atoms with E-state index in [1.807, 2.05) is 0 Å². The van der Waals surface area contributed by atoms with Crippen LogP contribution in [0.5, 0.6) is 0 Å². The van der Waals surface area contributed by atoms with Crippen molar-refractivity contribution < 1.29 is 8.42 Å². The molecule has 1 aliphatic heterocycles. The Balaban J connectivity index is 1.82. The fourth-order valence-corrected chi connectivity index (χ4v) is 4.50. The first kappa shape index (κ1) is 14.5. The van der Waals surface area contributed by atoms with Gasteiger partial charge in [0.15, 0.2) is 0 Å². The number of hydrogen-bond acceptors (Lipinski definition) is 4. The zero-order valence-corrected chi connectivity index (χ0v) is 12.8. The van der Waals surface area contributed by atoms with Gasteiger partial charge in [0.1, 0.15) is 12.2 Å². The van der Waals surface area contributed by atoms with Crippen LogP contribution in [0, 0.1) is 0 Å². The minimum Gasteiger partial charge on any atom is -0.262 e. The monoisotopic (exact) mass is 326 g/mol. The average molecular weight is 327 g/mol. The highest BCUT2D eigenvalue weighted by Crippen LogP contribution is 2.33. The zero-order valence-electron chi connectivity index (χ0n) is 11.2. The van der Waals surface area contributed by atoms with Crippen LogP contribution in [0.3, 0.4) is 0 Å². The summed E-state index contributed by atoms with van der Waals surface area (Å²) >= 11 is 5.82. The van der Waals surface area contributed by atoms with Crippen molar-refractivity contribution in [3.05, 3.63) is 47.0 Å². The molecular weight excluding hydrogens is 312 g/mol. The first-order valence-electron chi connectivity index (χ1n) is 6.65. The van der Waals surface area contributed by atoms with E-state index in [4.69, 9.17) is 11.6 Å². The molecule has 1 N–H and O–H groups in total. The summed E-state index contributed by atoms with van der Waals surface area (Å²) in [5.41, 5.74) is 0.725. The lowest BCUT2D eigenvalue weighted by molar-refractivity contribution is 0.383. The van der Waals surface area contributed by atoms with Crippen molar-refractivity contribution in [3.8, 4) is 0 Å². The zero-order chi connectivity index (χ0) is 14.9. The molecule has 0 radical (unpaired) electrons. The number of rotatable bonds is 4. The van der Waals surface area contributed by atoms with Gasteiger partial charge in [-0.05, 0) is 30.5 Å². The highest BCUT2D eigenvalue weighted by molar-refractivity contribution is 7.88. The smallest absolute Gasteiger partial charge is 0.218 e. The van der Waals surface area contributed by atoms with Crippen LogP contribution in [-0.2, 0) is 15.8 Å². The molecule has 1 aromatic carbocycles. The molecule has 1 aromatic heterocycles. The predicted octanol–water partition coefficient (Wildman–Crippen LogP) is 2.12. The maximum Gasteiger partial charge on any atom is 0.218 e. The van der Waals surface area contributed by atoms with Gasteiger partial charge in [-0.2, -0.15) is 9.40 Å². The molecule has 0 bridgehead atoms. The van der Waals surface area contributed by atoms with E-state index in [9.17, 15) is 8.42 Å². The second-order valence-corrected chi connectivity index (χ2v) is 7.38. The Morgan fingerprint density at radius 3 is 2.76 bits per heavy atom. The van der Waals surface area contributed by atoms with Crippen molar-refractivity contribution >= 4 is 21.6 Å². The van der Waals surface area contributed by atoms with Crippen LogP contribution in [0.25, 0.3) is 0 Å². The topological polar surface area (TPSA) is 79.0 Å². The van der Waals surface area contributed by atoms with Gasteiger partial charge in [-0.1, -0.05) is 23.7 Å². The van der Waals surface area contributed by atoms with Crippen LogP contribution in [0.2, 0.25) is 5.02 Å². The predicted molar refractivity (Wildman–Crippen MR) is 79.1 cm³/mol. The van der Waals surface area contributed by atoms with E-state index in [0.717, 1.165) is 18.4 Å². The quantitative estimate of drug-likeness (QED) is 0.933. The lowest BCUT2D eigenvalue weighted by atomic mass is 10.2. The third kappa shape index (κ3) is 3.09. The first-order valence-corrected chi connectivity index (χ1v) is 8.64. The molecule has 0 amide bonds. The summed E-state index contributed by atoms with van der Waals surface area (Å²) in [5.74, 6) is 0.571. The second-order valence-electron chi connectivity index (χ2n) is 5.02. The minimum absolute atomic E-state index is 0.0329. The lowest BCUT2D eigenvalue weighted by Gasteiger charge is -2.22. The molecule has 0 unspecified atom stereocenters. The van der Waals surface area contributed by atoms with Crippen molar-refractivity contribution in [2.45, 2.75) is 24.6 Å². The molecule has 1 aliphatic rings. The Morgan fingerprint density at radius 2 is 2.10 bits per heavy atom. The third-order valence-corrected chi connectivity index (χ3v) is 5.67. The van der Waals surface area contributed by atoms with Gasteiger partial charge in [0.05, 0.1) is 11.8 Å². The van der Waals surface area contributed by atoms with Gasteiger partial charge in [0.2, 0.25) is 10.0 Å². The Kier molecular flexibility index (Phi) is 3.97. The van der Waals surface area contributed by atoms with E-state index in [0.29, 0.717) is 17.4 Å². The fraction of sp³-hybridized carbons (Fsp3) is 0.385. The van der Waals surface area contributed by atoms with Crippen LogP contribution < -0.4 is 0 Å². The maximum absolute atomic E-state index is 12.6. The molecule has 0 spiro atoms. The number of aromatic nitrogens is 3. The van der Waals surface area contributed by atoms with E-state index in [-0.39, 0.29) is 11.8 Å². The summed E-state index contributed by atoms with van der Waals surface area (Å²) in [5, 5.41) is 7.17. The molecule has 1 saturated heterocycles. The summed E-state index contributed by atoms with van der Waals surface area (Å²) in [4.78, 5) is 4.09. The molecule has 6 nitrogen and oxygen atoms in total. The highest BCUT2D eigenvalue weighted by atomic mass is 35.5. The highest BCUT2D eigenvalue weighted by Gasteiger charge is 2.36. The Bertz CT molecular complexity index is 700. The fourth-order valence-electron chi connectivity index (χ4n) is 2.60. The Hall–Kier alpha value is -1.44. The molecular formula is C13H15ClN4O2S. The molecule has 1 atom stereocenters. The van der Waals surface area contributed by atoms with E-state index in [1.165, 1.54) is 10.6 Å².